The fourth-order valence-corrected chi connectivity index (χ4v) is 2.84. The number of guanidine groups is 1. The summed E-state index contributed by atoms with van der Waals surface area (Å²) in [5.74, 6) is 0.909. The zero-order valence-corrected chi connectivity index (χ0v) is 13.1. The van der Waals surface area contributed by atoms with Gasteiger partial charge in [0.25, 0.3) is 0 Å². The van der Waals surface area contributed by atoms with Crippen molar-refractivity contribution in [3.8, 4) is 0 Å². The first-order valence-electron chi connectivity index (χ1n) is 8.26. The van der Waals surface area contributed by atoms with Crippen molar-refractivity contribution in [2.45, 2.75) is 57.6 Å². The first-order valence-corrected chi connectivity index (χ1v) is 8.26. The molecule has 1 aliphatic carbocycles. The largest absolute Gasteiger partial charge is 0.393 e. The maximum atomic E-state index is 9.56. The van der Waals surface area contributed by atoms with Gasteiger partial charge in [-0.3, -0.25) is 4.99 Å². The number of ether oxygens (including phenoxy) is 1. The van der Waals surface area contributed by atoms with E-state index in [1.54, 1.807) is 0 Å². The Balaban J connectivity index is 1.76. The van der Waals surface area contributed by atoms with Crippen molar-refractivity contribution >= 4 is 5.96 Å². The smallest absolute Gasteiger partial charge is 0.191 e. The molecule has 0 spiro atoms. The lowest BCUT2D eigenvalue weighted by Gasteiger charge is -2.27. The summed E-state index contributed by atoms with van der Waals surface area (Å²) in [7, 11) is 0. The van der Waals surface area contributed by atoms with Gasteiger partial charge in [-0.25, -0.2) is 0 Å². The van der Waals surface area contributed by atoms with Crippen molar-refractivity contribution in [1.29, 1.82) is 0 Å². The van der Waals surface area contributed by atoms with Crippen LogP contribution in [0.3, 0.4) is 0 Å². The van der Waals surface area contributed by atoms with Crippen LogP contribution in [0.4, 0.5) is 0 Å². The van der Waals surface area contributed by atoms with Crippen LogP contribution < -0.4 is 10.6 Å². The van der Waals surface area contributed by atoms with Crippen LogP contribution in [-0.4, -0.2) is 49.5 Å². The molecular weight excluding hydrogens is 266 g/mol. The van der Waals surface area contributed by atoms with Crippen LogP contribution in [0.15, 0.2) is 16.6 Å². The molecule has 1 saturated carbocycles. The molecule has 0 atom stereocenters. The highest BCUT2D eigenvalue weighted by Crippen LogP contribution is 2.18. The van der Waals surface area contributed by atoms with Crippen molar-refractivity contribution in [3.05, 3.63) is 11.6 Å². The molecule has 0 radical (unpaired) electrons. The van der Waals surface area contributed by atoms with Crippen LogP contribution in [-0.2, 0) is 4.74 Å². The van der Waals surface area contributed by atoms with E-state index in [-0.39, 0.29) is 6.10 Å². The molecule has 0 aromatic heterocycles. The van der Waals surface area contributed by atoms with Crippen molar-refractivity contribution in [3.63, 3.8) is 0 Å². The van der Waals surface area contributed by atoms with Gasteiger partial charge in [0.05, 0.1) is 19.3 Å². The van der Waals surface area contributed by atoms with E-state index in [2.05, 4.69) is 28.6 Å². The quantitative estimate of drug-likeness (QED) is 0.409. The molecule has 0 unspecified atom stereocenters. The topological polar surface area (TPSA) is 65.9 Å². The highest BCUT2D eigenvalue weighted by atomic mass is 16.5. The molecule has 1 heterocycles. The summed E-state index contributed by atoms with van der Waals surface area (Å²) in [5, 5.41) is 16.4. The molecule has 5 heteroatoms. The Hall–Kier alpha value is -1.07. The van der Waals surface area contributed by atoms with E-state index in [0.29, 0.717) is 6.04 Å². The molecule has 5 nitrogen and oxygen atoms in total. The Morgan fingerprint density at radius 2 is 2.19 bits per heavy atom. The second-order valence-electron chi connectivity index (χ2n) is 5.85. The number of rotatable bonds is 5. The summed E-state index contributed by atoms with van der Waals surface area (Å²) in [6.45, 7) is 5.37. The maximum Gasteiger partial charge on any atom is 0.191 e. The van der Waals surface area contributed by atoms with Gasteiger partial charge in [-0.1, -0.05) is 11.6 Å². The second kappa shape index (κ2) is 9.05. The van der Waals surface area contributed by atoms with E-state index in [0.717, 1.165) is 70.8 Å². The summed E-state index contributed by atoms with van der Waals surface area (Å²) in [4.78, 5) is 4.67. The van der Waals surface area contributed by atoms with Crippen LogP contribution >= 0.6 is 0 Å². The van der Waals surface area contributed by atoms with Crippen LogP contribution in [0.2, 0.25) is 0 Å². The number of hydrogen-bond acceptors (Lipinski definition) is 3. The summed E-state index contributed by atoms with van der Waals surface area (Å²) in [6, 6.07) is 0.438. The zero-order chi connectivity index (χ0) is 14.9. The zero-order valence-electron chi connectivity index (χ0n) is 13.1. The average Bonchev–Trinajstić information content (AvgIpc) is 2.51. The summed E-state index contributed by atoms with van der Waals surface area (Å²) in [5.41, 5.74) is 1.46. The molecule has 0 saturated heterocycles. The minimum absolute atomic E-state index is 0.108. The molecule has 1 aliphatic heterocycles. The van der Waals surface area contributed by atoms with E-state index >= 15 is 0 Å². The van der Waals surface area contributed by atoms with Gasteiger partial charge >= 0.3 is 0 Å². The normalized spacial score (nSPS) is 27.1. The SMILES string of the molecule is CCNC(=NCCC1=CCOCC1)NC1CCC(O)CC1. The molecule has 0 amide bonds. The standard InChI is InChI=1S/C16H29N3O2/c1-2-17-16(19-14-3-5-15(20)6-4-14)18-10-7-13-8-11-21-12-9-13/h8,14-15,20H,2-7,9-12H2,1H3,(H2,17,18,19). The minimum atomic E-state index is -0.108. The Kier molecular flexibility index (Phi) is 7.03. The van der Waals surface area contributed by atoms with Gasteiger partial charge in [-0.2, -0.15) is 0 Å². The third kappa shape index (κ3) is 6.06. The lowest BCUT2D eigenvalue weighted by molar-refractivity contribution is 0.120. The third-order valence-electron chi connectivity index (χ3n) is 4.14. The van der Waals surface area contributed by atoms with Crippen molar-refractivity contribution in [2.24, 2.45) is 4.99 Å². The number of aliphatic imine (C=N–C) groups is 1. The van der Waals surface area contributed by atoms with Gasteiger partial charge in [0.1, 0.15) is 0 Å². The summed E-state index contributed by atoms with van der Waals surface area (Å²) >= 11 is 0. The van der Waals surface area contributed by atoms with E-state index in [1.807, 2.05) is 0 Å². The van der Waals surface area contributed by atoms with Gasteiger partial charge < -0.3 is 20.5 Å². The lowest BCUT2D eigenvalue weighted by atomic mass is 9.93. The molecule has 0 aromatic carbocycles. The fourth-order valence-electron chi connectivity index (χ4n) is 2.84. The van der Waals surface area contributed by atoms with Crippen molar-refractivity contribution < 1.29 is 9.84 Å². The monoisotopic (exact) mass is 295 g/mol. The fraction of sp³-hybridized carbons (Fsp3) is 0.812. The minimum Gasteiger partial charge on any atom is -0.393 e. The molecule has 2 rings (SSSR count). The molecule has 0 aromatic rings. The second-order valence-corrected chi connectivity index (χ2v) is 5.85. The van der Waals surface area contributed by atoms with Crippen molar-refractivity contribution in [1.82, 2.24) is 10.6 Å². The number of aliphatic hydroxyl groups is 1. The summed E-state index contributed by atoms with van der Waals surface area (Å²) < 4.78 is 5.32. The molecular formula is C16H29N3O2. The first-order chi connectivity index (χ1) is 10.3. The van der Waals surface area contributed by atoms with Crippen LogP contribution in [0.1, 0.15) is 45.4 Å². The van der Waals surface area contributed by atoms with Crippen LogP contribution in [0.25, 0.3) is 0 Å². The van der Waals surface area contributed by atoms with Crippen LogP contribution in [0, 0.1) is 0 Å². The Labute approximate surface area is 127 Å². The number of nitrogens with zero attached hydrogens (tertiary/aromatic N) is 1. The van der Waals surface area contributed by atoms with Gasteiger partial charge in [0.2, 0.25) is 0 Å². The molecule has 3 N–H and O–H groups in total. The maximum absolute atomic E-state index is 9.56. The van der Waals surface area contributed by atoms with Crippen LogP contribution in [0.5, 0.6) is 0 Å². The highest BCUT2D eigenvalue weighted by molar-refractivity contribution is 5.80. The predicted molar refractivity (Wildman–Crippen MR) is 85.5 cm³/mol. The highest BCUT2D eigenvalue weighted by Gasteiger charge is 2.19. The van der Waals surface area contributed by atoms with E-state index in [4.69, 9.17) is 4.74 Å². The molecule has 2 aliphatic rings. The number of aliphatic hydroxyl groups excluding tert-OH is 1. The molecule has 120 valence electrons. The van der Waals surface area contributed by atoms with E-state index in [9.17, 15) is 5.11 Å². The predicted octanol–water partition coefficient (Wildman–Crippen LogP) is 1.58. The summed E-state index contributed by atoms with van der Waals surface area (Å²) in [6.07, 6.45) is 7.96. The van der Waals surface area contributed by atoms with Gasteiger partial charge in [-0.15, -0.1) is 0 Å². The average molecular weight is 295 g/mol. The Bertz CT molecular complexity index is 361. The van der Waals surface area contributed by atoms with Gasteiger partial charge in [-0.05, 0) is 45.4 Å². The number of hydrogen-bond donors (Lipinski definition) is 3. The Morgan fingerprint density at radius 1 is 1.38 bits per heavy atom. The molecule has 1 fully saturated rings. The molecule has 21 heavy (non-hydrogen) atoms. The first kappa shape index (κ1) is 16.3. The molecule has 0 bridgehead atoms. The van der Waals surface area contributed by atoms with Crippen molar-refractivity contribution in [2.75, 3.05) is 26.3 Å². The van der Waals surface area contributed by atoms with Gasteiger partial charge in [0, 0.05) is 19.1 Å². The third-order valence-corrected chi connectivity index (χ3v) is 4.14. The van der Waals surface area contributed by atoms with E-state index in [1.165, 1.54) is 5.57 Å². The number of nitrogens with one attached hydrogen (secondary N) is 2. The van der Waals surface area contributed by atoms with Gasteiger partial charge in [0.15, 0.2) is 5.96 Å². The Morgan fingerprint density at radius 3 is 2.86 bits per heavy atom. The lowest BCUT2D eigenvalue weighted by Crippen LogP contribution is -2.45. The van der Waals surface area contributed by atoms with E-state index < -0.39 is 0 Å².